The Morgan fingerprint density at radius 3 is 2.74 bits per heavy atom. The van der Waals surface area contributed by atoms with Crippen LogP contribution in [-0.2, 0) is 29.1 Å². The molecule has 0 unspecified atom stereocenters. The molecule has 0 atom stereocenters. The number of benzene rings is 2. The second-order valence-corrected chi connectivity index (χ2v) is 8.51. The summed E-state index contributed by atoms with van der Waals surface area (Å²) in [5, 5.41) is 17.7. The van der Waals surface area contributed by atoms with E-state index in [1.54, 1.807) is 11.0 Å². The van der Waals surface area contributed by atoms with Crippen LogP contribution in [0.5, 0.6) is 11.5 Å². The molecule has 1 aliphatic rings. The van der Waals surface area contributed by atoms with Gasteiger partial charge in [0, 0.05) is 23.2 Å². The summed E-state index contributed by atoms with van der Waals surface area (Å²) in [5.74, 6) is -0.153. The average Bonchev–Trinajstić information content (AvgIpc) is 3.50. The smallest absolute Gasteiger partial charge is 0.342 e. The van der Waals surface area contributed by atoms with Crippen molar-refractivity contribution in [2.45, 2.75) is 46.3 Å². The molecule has 1 aliphatic heterocycles. The third-order valence-corrected chi connectivity index (χ3v) is 6.10. The SMILES string of the molecule is COc1c(C)c2c(c(O)c1CC=C(C)CCC(=O)Nc1ccc(Cn3cncn3)cc1)C(=O)OC2. The number of phenolic OH excluding ortho intramolecular Hbond substituents is 1. The van der Waals surface area contributed by atoms with Gasteiger partial charge in [0.2, 0.25) is 5.91 Å². The van der Waals surface area contributed by atoms with Gasteiger partial charge in [0.05, 0.1) is 13.7 Å². The molecule has 0 spiro atoms. The van der Waals surface area contributed by atoms with Crippen molar-refractivity contribution in [1.82, 2.24) is 14.8 Å². The Morgan fingerprint density at radius 1 is 1.29 bits per heavy atom. The van der Waals surface area contributed by atoms with Gasteiger partial charge < -0.3 is 19.9 Å². The van der Waals surface area contributed by atoms with Gasteiger partial charge in [0.25, 0.3) is 0 Å². The van der Waals surface area contributed by atoms with Crippen molar-refractivity contribution in [3.63, 3.8) is 0 Å². The molecule has 2 N–H and O–H groups in total. The lowest BCUT2D eigenvalue weighted by atomic mass is 9.94. The zero-order valence-electron chi connectivity index (χ0n) is 20.0. The van der Waals surface area contributed by atoms with Crippen molar-refractivity contribution in [2.24, 2.45) is 0 Å². The quantitative estimate of drug-likeness (QED) is 0.355. The normalized spacial score (nSPS) is 12.9. The van der Waals surface area contributed by atoms with Gasteiger partial charge in [0.15, 0.2) is 0 Å². The first kappa shape index (κ1) is 24.0. The van der Waals surface area contributed by atoms with Crippen LogP contribution in [0.1, 0.15) is 52.4 Å². The van der Waals surface area contributed by atoms with Gasteiger partial charge in [-0.05, 0) is 49.9 Å². The number of anilines is 1. The average molecular weight is 477 g/mol. The van der Waals surface area contributed by atoms with Gasteiger partial charge in [-0.25, -0.2) is 14.5 Å². The van der Waals surface area contributed by atoms with Crippen LogP contribution >= 0.6 is 0 Å². The van der Waals surface area contributed by atoms with Crippen molar-refractivity contribution < 1.29 is 24.2 Å². The van der Waals surface area contributed by atoms with E-state index < -0.39 is 5.97 Å². The number of rotatable bonds is 9. The highest BCUT2D eigenvalue weighted by atomic mass is 16.5. The number of carbonyl (C=O) groups is 2. The van der Waals surface area contributed by atoms with Crippen molar-refractivity contribution in [2.75, 3.05) is 12.4 Å². The number of aromatic nitrogens is 3. The Hall–Kier alpha value is -4.14. The molecule has 0 fully saturated rings. The van der Waals surface area contributed by atoms with E-state index in [1.165, 1.54) is 13.4 Å². The van der Waals surface area contributed by atoms with Crippen LogP contribution in [0.25, 0.3) is 0 Å². The fourth-order valence-electron chi connectivity index (χ4n) is 4.14. The summed E-state index contributed by atoms with van der Waals surface area (Å²) in [6.07, 6.45) is 6.34. The van der Waals surface area contributed by atoms with Gasteiger partial charge in [-0.3, -0.25) is 4.79 Å². The van der Waals surface area contributed by atoms with Crippen LogP contribution in [0, 0.1) is 6.92 Å². The number of allylic oxidation sites excluding steroid dienone is 2. The summed E-state index contributed by atoms with van der Waals surface area (Å²) in [6.45, 7) is 4.54. The molecular weight excluding hydrogens is 448 g/mol. The number of methoxy groups -OCH3 is 1. The van der Waals surface area contributed by atoms with Crippen molar-refractivity contribution in [3.8, 4) is 11.5 Å². The number of amides is 1. The molecule has 182 valence electrons. The summed E-state index contributed by atoms with van der Waals surface area (Å²) in [7, 11) is 1.54. The van der Waals surface area contributed by atoms with E-state index in [0.29, 0.717) is 42.7 Å². The number of hydrogen-bond donors (Lipinski definition) is 2. The first-order valence-electron chi connectivity index (χ1n) is 11.3. The number of ether oxygens (including phenoxy) is 2. The Kier molecular flexibility index (Phi) is 7.14. The molecule has 9 nitrogen and oxygen atoms in total. The van der Waals surface area contributed by atoms with Gasteiger partial charge in [-0.15, -0.1) is 0 Å². The maximum Gasteiger partial charge on any atom is 0.342 e. The summed E-state index contributed by atoms with van der Waals surface area (Å²) < 4.78 is 12.3. The summed E-state index contributed by atoms with van der Waals surface area (Å²) >= 11 is 0. The maximum atomic E-state index is 12.4. The van der Waals surface area contributed by atoms with Crippen LogP contribution in [0.15, 0.2) is 48.6 Å². The minimum absolute atomic E-state index is 0.0849. The Balaban J connectivity index is 1.34. The molecule has 0 radical (unpaired) electrons. The zero-order chi connectivity index (χ0) is 24.9. The lowest BCUT2D eigenvalue weighted by molar-refractivity contribution is -0.116. The van der Waals surface area contributed by atoms with Crippen LogP contribution in [0.3, 0.4) is 0 Å². The Bertz CT molecular complexity index is 1260. The van der Waals surface area contributed by atoms with E-state index in [-0.39, 0.29) is 23.8 Å². The topological polar surface area (TPSA) is 116 Å². The van der Waals surface area contributed by atoms with Crippen LogP contribution in [0.2, 0.25) is 0 Å². The first-order valence-corrected chi connectivity index (χ1v) is 11.3. The van der Waals surface area contributed by atoms with Gasteiger partial charge in [0.1, 0.15) is 36.3 Å². The second-order valence-electron chi connectivity index (χ2n) is 8.51. The number of phenols is 1. The molecular formula is C26H28N4O5. The number of cyclic esters (lactones) is 1. The minimum Gasteiger partial charge on any atom is -0.507 e. The van der Waals surface area contributed by atoms with Crippen molar-refractivity contribution in [3.05, 3.63) is 76.4 Å². The number of carbonyl (C=O) groups excluding carboxylic acids is 2. The molecule has 0 saturated heterocycles. The third-order valence-electron chi connectivity index (χ3n) is 6.10. The van der Waals surface area contributed by atoms with E-state index in [4.69, 9.17) is 9.47 Å². The molecule has 1 aromatic heterocycles. The van der Waals surface area contributed by atoms with E-state index in [0.717, 1.165) is 22.4 Å². The molecule has 2 heterocycles. The Labute approximate surface area is 203 Å². The number of aromatic hydroxyl groups is 1. The number of nitrogens with one attached hydrogen (secondary N) is 1. The predicted molar refractivity (Wildman–Crippen MR) is 129 cm³/mol. The molecule has 4 rings (SSSR count). The minimum atomic E-state index is -0.520. The molecule has 0 bridgehead atoms. The van der Waals surface area contributed by atoms with Gasteiger partial charge >= 0.3 is 5.97 Å². The van der Waals surface area contributed by atoms with E-state index in [1.807, 2.05) is 44.2 Å². The molecule has 0 saturated carbocycles. The highest BCUT2D eigenvalue weighted by Crippen LogP contribution is 2.42. The van der Waals surface area contributed by atoms with Crippen LogP contribution in [0.4, 0.5) is 5.69 Å². The largest absolute Gasteiger partial charge is 0.507 e. The van der Waals surface area contributed by atoms with E-state index in [9.17, 15) is 14.7 Å². The molecule has 9 heteroatoms. The van der Waals surface area contributed by atoms with Gasteiger partial charge in [-0.2, -0.15) is 5.10 Å². The molecule has 0 aliphatic carbocycles. The highest BCUT2D eigenvalue weighted by molar-refractivity contribution is 5.98. The summed E-state index contributed by atoms with van der Waals surface area (Å²) in [6, 6.07) is 7.61. The molecule has 35 heavy (non-hydrogen) atoms. The number of fused-ring (bicyclic) bond motifs is 1. The van der Waals surface area contributed by atoms with Crippen LogP contribution < -0.4 is 10.1 Å². The fraction of sp³-hybridized carbons (Fsp3) is 0.308. The lowest BCUT2D eigenvalue weighted by Crippen LogP contribution is -2.11. The maximum absolute atomic E-state index is 12.4. The zero-order valence-corrected chi connectivity index (χ0v) is 20.0. The highest BCUT2D eigenvalue weighted by Gasteiger charge is 2.31. The Morgan fingerprint density at radius 2 is 2.06 bits per heavy atom. The van der Waals surface area contributed by atoms with Gasteiger partial charge in [-0.1, -0.05) is 23.8 Å². The number of esters is 1. The van der Waals surface area contributed by atoms with Crippen molar-refractivity contribution >= 4 is 17.6 Å². The summed E-state index contributed by atoms with van der Waals surface area (Å²) in [5.41, 5.74) is 4.99. The van der Waals surface area contributed by atoms with Crippen molar-refractivity contribution in [1.29, 1.82) is 0 Å². The first-order chi connectivity index (χ1) is 16.9. The van der Waals surface area contributed by atoms with E-state index >= 15 is 0 Å². The van der Waals surface area contributed by atoms with Crippen LogP contribution in [-0.4, -0.2) is 38.9 Å². The summed E-state index contributed by atoms with van der Waals surface area (Å²) in [4.78, 5) is 28.4. The lowest BCUT2D eigenvalue weighted by Gasteiger charge is -2.15. The number of nitrogens with zero attached hydrogens (tertiary/aromatic N) is 3. The molecule has 1 amide bonds. The van der Waals surface area contributed by atoms with E-state index in [2.05, 4.69) is 15.4 Å². The standard InChI is InChI=1S/C26H28N4O5/c1-16(4-10-20-24(32)23-21(13-35-26(23)33)17(2)25(20)34-3)5-11-22(31)29-19-8-6-18(7-9-19)12-30-15-27-14-28-30/h4,6-9,14-15,32H,5,10-13H2,1-3H3,(H,29,31). The monoisotopic (exact) mass is 476 g/mol. The molecule has 3 aromatic rings. The molecule has 2 aromatic carbocycles. The predicted octanol–water partition coefficient (Wildman–Crippen LogP) is 3.93. The fourth-order valence-corrected chi connectivity index (χ4v) is 4.14. The third kappa shape index (κ3) is 5.34. The second kappa shape index (κ2) is 10.4. The number of hydrogen-bond acceptors (Lipinski definition) is 7.